The molecule has 0 fully saturated rings. The number of ether oxygens (including phenoxy) is 1. The van der Waals surface area contributed by atoms with Gasteiger partial charge in [0.05, 0.1) is 0 Å². The molecule has 2 heterocycles. The van der Waals surface area contributed by atoms with Gasteiger partial charge in [-0.15, -0.1) is 28.5 Å². The van der Waals surface area contributed by atoms with Crippen LogP contribution in [0, 0.1) is 0 Å². The lowest BCUT2D eigenvalue weighted by Crippen LogP contribution is -2.16. The van der Waals surface area contributed by atoms with E-state index in [0.29, 0.717) is 23.3 Å². The highest BCUT2D eigenvalue weighted by molar-refractivity contribution is 7.98. The van der Waals surface area contributed by atoms with E-state index in [-0.39, 0.29) is 5.75 Å². The Bertz CT molecular complexity index is 1140. The van der Waals surface area contributed by atoms with Gasteiger partial charge in [-0.25, -0.2) is 0 Å². The van der Waals surface area contributed by atoms with Gasteiger partial charge in [-0.1, -0.05) is 58.7 Å². The Hall–Kier alpha value is -2.92. The van der Waals surface area contributed by atoms with Crippen LogP contribution in [0.2, 0.25) is 0 Å². The predicted octanol–water partition coefficient (Wildman–Crippen LogP) is 5.67. The fourth-order valence-electron chi connectivity index (χ4n) is 2.91. The lowest BCUT2D eigenvalue weighted by atomic mass is 10.1. The normalized spacial score (nSPS) is 11.6. The average Bonchev–Trinajstić information content (AvgIpc) is 3.39. The van der Waals surface area contributed by atoms with Crippen LogP contribution in [0.1, 0.15) is 12.5 Å². The first-order valence-corrected chi connectivity index (χ1v) is 11.0. The monoisotopic (exact) mass is 463 g/mol. The van der Waals surface area contributed by atoms with Crippen LogP contribution >= 0.6 is 23.3 Å². The van der Waals surface area contributed by atoms with Crippen LogP contribution in [-0.4, -0.2) is 30.7 Å². The van der Waals surface area contributed by atoms with Crippen LogP contribution < -0.4 is 4.74 Å². The van der Waals surface area contributed by atoms with Gasteiger partial charge in [-0.2, -0.15) is 0 Å². The zero-order valence-electron chi connectivity index (χ0n) is 16.2. The van der Waals surface area contributed by atoms with Crippen molar-refractivity contribution in [1.29, 1.82) is 0 Å². The Morgan fingerprint density at radius 1 is 1.00 bits per heavy atom. The van der Waals surface area contributed by atoms with E-state index in [0.717, 1.165) is 21.7 Å². The summed E-state index contributed by atoms with van der Waals surface area (Å²) in [6, 6.07) is 15.6. The summed E-state index contributed by atoms with van der Waals surface area (Å²) >= 11 is 2.71. The first-order chi connectivity index (χ1) is 14.9. The van der Waals surface area contributed by atoms with Gasteiger partial charge in [0.25, 0.3) is 0 Å². The summed E-state index contributed by atoms with van der Waals surface area (Å²) in [5.41, 5.74) is 2.55. The fourth-order valence-corrected chi connectivity index (χ4v) is 4.55. The van der Waals surface area contributed by atoms with Crippen LogP contribution in [0.4, 0.5) is 13.2 Å². The Labute approximate surface area is 184 Å². The summed E-state index contributed by atoms with van der Waals surface area (Å²) in [5.74, 6) is 0.968. The Kier molecular flexibility index (Phi) is 6.23. The second-order valence-electron chi connectivity index (χ2n) is 6.35. The second-order valence-corrected chi connectivity index (χ2v) is 8.04. The number of halogens is 3. The predicted molar refractivity (Wildman–Crippen MR) is 113 cm³/mol. The molecule has 0 spiro atoms. The van der Waals surface area contributed by atoms with Gasteiger partial charge in [-0.3, -0.25) is 0 Å². The number of nitrogens with zero attached hydrogens (tertiary/aromatic N) is 5. The molecule has 0 radical (unpaired) electrons. The molecule has 0 aliphatic heterocycles. The quantitative estimate of drug-likeness (QED) is 0.329. The molecular formula is C20H16F3N5OS2. The van der Waals surface area contributed by atoms with Crippen molar-refractivity contribution in [1.82, 2.24) is 24.4 Å². The first kappa shape index (κ1) is 21.3. The largest absolute Gasteiger partial charge is 0.573 e. The van der Waals surface area contributed by atoms with Crippen molar-refractivity contribution >= 4 is 23.3 Å². The van der Waals surface area contributed by atoms with E-state index >= 15 is 0 Å². The lowest BCUT2D eigenvalue weighted by Gasteiger charge is -2.09. The van der Waals surface area contributed by atoms with E-state index in [2.05, 4.69) is 24.5 Å². The molecule has 0 unspecified atom stereocenters. The minimum absolute atomic E-state index is 0.244. The van der Waals surface area contributed by atoms with Crippen molar-refractivity contribution in [2.24, 2.45) is 0 Å². The topological polar surface area (TPSA) is 65.7 Å². The van der Waals surface area contributed by atoms with Crippen molar-refractivity contribution in [3.63, 3.8) is 0 Å². The smallest absolute Gasteiger partial charge is 0.406 e. The van der Waals surface area contributed by atoms with Gasteiger partial charge in [0.15, 0.2) is 11.0 Å². The molecule has 0 saturated heterocycles. The van der Waals surface area contributed by atoms with Crippen LogP contribution in [0.5, 0.6) is 5.75 Å². The molecule has 0 amide bonds. The molecule has 0 bridgehead atoms. The van der Waals surface area contributed by atoms with Crippen LogP contribution in [0.15, 0.2) is 59.8 Å². The molecule has 0 aliphatic rings. The number of hydrogen-bond acceptors (Lipinski definition) is 7. The summed E-state index contributed by atoms with van der Waals surface area (Å²) in [5, 5.41) is 13.6. The average molecular weight is 464 g/mol. The van der Waals surface area contributed by atoms with Crippen LogP contribution in [-0.2, 0) is 12.3 Å². The molecule has 2 aromatic heterocycles. The van der Waals surface area contributed by atoms with Gasteiger partial charge in [0.1, 0.15) is 16.3 Å². The third-order valence-electron chi connectivity index (χ3n) is 4.30. The summed E-state index contributed by atoms with van der Waals surface area (Å²) in [7, 11) is 0. The Morgan fingerprint density at radius 3 is 2.42 bits per heavy atom. The molecule has 0 atom stereocenters. The molecule has 31 heavy (non-hydrogen) atoms. The highest BCUT2D eigenvalue weighted by atomic mass is 32.2. The Morgan fingerprint density at radius 2 is 1.74 bits per heavy atom. The maximum absolute atomic E-state index is 12.3. The van der Waals surface area contributed by atoms with Crippen molar-refractivity contribution in [3.05, 3.63) is 60.2 Å². The third kappa shape index (κ3) is 5.05. The maximum Gasteiger partial charge on any atom is 0.573 e. The van der Waals surface area contributed by atoms with E-state index in [1.807, 2.05) is 41.8 Å². The molecule has 6 nitrogen and oxygen atoms in total. The van der Waals surface area contributed by atoms with E-state index < -0.39 is 6.36 Å². The number of benzene rings is 2. The zero-order chi connectivity index (χ0) is 21.8. The van der Waals surface area contributed by atoms with Crippen molar-refractivity contribution < 1.29 is 17.9 Å². The summed E-state index contributed by atoms with van der Waals surface area (Å²) < 4.78 is 46.9. The summed E-state index contributed by atoms with van der Waals surface area (Å²) in [4.78, 5) is 0.834. The molecular weight excluding hydrogens is 447 g/mol. The molecule has 0 N–H and O–H groups in total. The van der Waals surface area contributed by atoms with Gasteiger partial charge in [0.2, 0.25) is 0 Å². The highest BCUT2D eigenvalue weighted by Crippen LogP contribution is 2.34. The third-order valence-corrected chi connectivity index (χ3v) is 6.06. The SMILES string of the molecule is CCn1c(SCc2ccc(OC(F)(F)F)cc2)nnc1-c1snnc1-c1ccccc1. The maximum atomic E-state index is 12.3. The fraction of sp³-hybridized carbons (Fsp3) is 0.200. The van der Waals surface area contributed by atoms with Crippen LogP contribution in [0.3, 0.4) is 0 Å². The first-order valence-electron chi connectivity index (χ1n) is 9.23. The van der Waals surface area contributed by atoms with E-state index in [1.54, 1.807) is 12.1 Å². The van der Waals surface area contributed by atoms with Crippen molar-refractivity contribution in [2.45, 2.75) is 30.7 Å². The van der Waals surface area contributed by atoms with E-state index in [4.69, 9.17) is 0 Å². The van der Waals surface area contributed by atoms with E-state index in [9.17, 15) is 13.2 Å². The number of aromatic nitrogens is 5. The molecule has 0 saturated carbocycles. The number of rotatable bonds is 7. The number of alkyl halides is 3. The molecule has 4 rings (SSSR count). The molecule has 2 aromatic carbocycles. The lowest BCUT2D eigenvalue weighted by molar-refractivity contribution is -0.274. The van der Waals surface area contributed by atoms with Gasteiger partial charge >= 0.3 is 6.36 Å². The zero-order valence-corrected chi connectivity index (χ0v) is 17.8. The van der Waals surface area contributed by atoms with Crippen molar-refractivity contribution in [2.75, 3.05) is 0 Å². The van der Waals surface area contributed by atoms with Crippen molar-refractivity contribution in [3.8, 4) is 27.7 Å². The van der Waals surface area contributed by atoms with E-state index in [1.165, 1.54) is 35.4 Å². The molecule has 11 heteroatoms. The minimum Gasteiger partial charge on any atom is -0.406 e. The summed E-state index contributed by atoms with van der Waals surface area (Å²) in [6.07, 6.45) is -4.70. The van der Waals surface area contributed by atoms with Gasteiger partial charge < -0.3 is 9.30 Å². The standard InChI is InChI=1S/C20H16F3N5OS2/c1-2-28-18(17-16(24-27-31-17)14-6-4-3-5-7-14)25-26-19(28)30-12-13-8-10-15(11-9-13)29-20(21,22)23/h3-11H,2,12H2,1H3. The Balaban J connectivity index is 1.52. The molecule has 0 aliphatic carbocycles. The molecule has 160 valence electrons. The van der Waals surface area contributed by atoms with Crippen LogP contribution in [0.25, 0.3) is 22.0 Å². The minimum atomic E-state index is -4.70. The van der Waals surface area contributed by atoms with Gasteiger partial charge in [0, 0.05) is 17.9 Å². The number of hydrogen-bond donors (Lipinski definition) is 0. The second kappa shape index (κ2) is 9.06. The molecule has 4 aromatic rings. The number of thioether (sulfide) groups is 1. The van der Waals surface area contributed by atoms with Gasteiger partial charge in [-0.05, 0) is 36.2 Å². The summed E-state index contributed by atoms with van der Waals surface area (Å²) in [6.45, 7) is 2.64. The highest BCUT2D eigenvalue weighted by Gasteiger charge is 2.31.